The summed E-state index contributed by atoms with van der Waals surface area (Å²) < 4.78 is 11.3. The number of hydrogen-bond donors (Lipinski definition) is 3. The van der Waals surface area contributed by atoms with Crippen LogP contribution in [0.5, 0.6) is 11.5 Å². The molecule has 0 bridgehead atoms. The van der Waals surface area contributed by atoms with Crippen LogP contribution in [0.15, 0.2) is 52.5 Å². The van der Waals surface area contributed by atoms with Crippen LogP contribution in [-0.2, 0) is 9.53 Å². The maximum Gasteiger partial charge on any atom is 0.338 e. The van der Waals surface area contributed by atoms with Crippen molar-refractivity contribution in [1.29, 1.82) is 0 Å². The maximum atomic E-state index is 13.0. The Hall–Kier alpha value is -3.00. The molecule has 1 unspecified atom stereocenters. The molecular formula is C21H21BrN2O5. The topological polar surface area (TPSA) is 96.9 Å². The van der Waals surface area contributed by atoms with Crippen LogP contribution in [0.4, 0.5) is 4.79 Å². The minimum Gasteiger partial charge on any atom is -0.508 e. The van der Waals surface area contributed by atoms with E-state index in [4.69, 9.17) is 9.47 Å². The van der Waals surface area contributed by atoms with E-state index in [0.29, 0.717) is 27.0 Å². The summed E-state index contributed by atoms with van der Waals surface area (Å²) >= 11 is 3.37. The lowest BCUT2D eigenvalue weighted by atomic mass is 9.92. The number of esters is 1. The van der Waals surface area contributed by atoms with Crippen molar-refractivity contribution < 1.29 is 24.2 Å². The minimum atomic E-state index is -0.899. The summed E-state index contributed by atoms with van der Waals surface area (Å²) in [6, 6.07) is 10.3. The lowest BCUT2D eigenvalue weighted by Crippen LogP contribution is -2.45. The minimum absolute atomic E-state index is 0.0515. The fourth-order valence-corrected chi connectivity index (χ4v) is 3.42. The van der Waals surface area contributed by atoms with E-state index in [1.165, 1.54) is 6.07 Å². The van der Waals surface area contributed by atoms with E-state index in [1.807, 2.05) is 0 Å². The van der Waals surface area contributed by atoms with Crippen molar-refractivity contribution in [2.75, 3.05) is 7.11 Å². The Morgan fingerprint density at radius 1 is 1.17 bits per heavy atom. The molecule has 1 aliphatic heterocycles. The third kappa shape index (κ3) is 4.54. The molecule has 2 aromatic carbocycles. The fraction of sp³-hybridized carbons (Fsp3) is 0.238. The standard InChI is InChI=1S/C21H21BrN2O5/c1-11(2)29-20(26)17-18(12-4-7-14(28-3)8-5-12)23-21(27)24-19(17)15-10-13(22)6-9-16(15)25/h4-11,19,25H,1-3H3,(H2,23,24,27). The highest BCUT2D eigenvalue weighted by molar-refractivity contribution is 9.10. The van der Waals surface area contributed by atoms with Gasteiger partial charge in [0.25, 0.3) is 0 Å². The maximum absolute atomic E-state index is 13.0. The second kappa shape index (κ2) is 8.57. The number of phenolic OH excluding ortho intramolecular Hbond substituents is 1. The van der Waals surface area contributed by atoms with E-state index in [1.54, 1.807) is 57.4 Å². The van der Waals surface area contributed by atoms with Gasteiger partial charge in [-0.05, 0) is 61.9 Å². The van der Waals surface area contributed by atoms with E-state index < -0.39 is 18.0 Å². The number of urea groups is 1. The summed E-state index contributed by atoms with van der Waals surface area (Å²) in [6.45, 7) is 3.48. The summed E-state index contributed by atoms with van der Waals surface area (Å²) in [7, 11) is 1.55. The molecule has 0 saturated carbocycles. The molecule has 7 nitrogen and oxygen atoms in total. The molecule has 0 aromatic heterocycles. The summed E-state index contributed by atoms with van der Waals surface area (Å²) in [5.41, 5.74) is 1.48. The first-order valence-electron chi connectivity index (χ1n) is 8.95. The summed E-state index contributed by atoms with van der Waals surface area (Å²) in [6.07, 6.45) is -0.360. The first-order valence-corrected chi connectivity index (χ1v) is 9.75. The van der Waals surface area contributed by atoms with Crippen LogP contribution in [0, 0.1) is 0 Å². The molecule has 0 radical (unpaired) electrons. The van der Waals surface area contributed by atoms with Gasteiger partial charge in [-0.15, -0.1) is 0 Å². The first kappa shape index (κ1) is 20.7. The fourth-order valence-electron chi connectivity index (χ4n) is 3.04. The van der Waals surface area contributed by atoms with E-state index in [-0.39, 0.29) is 17.4 Å². The third-order valence-electron chi connectivity index (χ3n) is 4.31. The van der Waals surface area contributed by atoms with Gasteiger partial charge in [-0.25, -0.2) is 9.59 Å². The van der Waals surface area contributed by atoms with E-state index in [9.17, 15) is 14.7 Å². The Kier molecular flexibility index (Phi) is 6.12. The molecule has 152 valence electrons. The van der Waals surface area contributed by atoms with Crippen LogP contribution in [0.2, 0.25) is 0 Å². The van der Waals surface area contributed by atoms with E-state index in [0.717, 1.165) is 0 Å². The van der Waals surface area contributed by atoms with Crippen LogP contribution >= 0.6 is 15.9 Å². The summed E-state index contributed by atoms with van der Waals surface area (Å²) in [5.74, 6) is -0.00544. The highest BCUT2D eigenvalue weighted by atomic mass is 79.9. The Balaban J connectivity index is 2.21. The zero-order valence-electron chi connectivity index (χ0n) is 16.2. The Bertz CT molecular complexity index is 970. The summed E-state index contributed by atoms with van der Waals surface area (Å²) in [4.78, 5) is 25.4. The number of phenols is 1. The molecule has 3 rings (SSSR count). The van der Waals surface area contributed by atoms with Gasteiger partial charge >= 0.3 is 12.0 Å². The number of halogens is 1. The first-order chi connectivity index (χ1) is 13.8. The van der Waals surface area contributed by atoms with Crippen molar-refractivity contribution in [3.63, 3.8) is 0 Å². The quantitative estimate of drug-likeness (QED) is 0.588. The molecule has 0 saturated heterocycles. The Morgan fingerprint density at radius 3 is 2.48 bits per heavy atom. The van der Waals surface area contributed by atoms with Gasteiger partial charge in [0.05, 0.1) is 30.5 Å². The SMILES string of the molecule is COc1ccc(C2=C(C(=O)OC(C)C)C(c3cc(Br)ccc3O)NC(=O)N2)cc1. The van der Waals surface area contributed by atoms with Crippen LogP contribution < -0.4 is 15.4 Å². The molecule has 3 N–H and O–H groups in total. The molecule has 0 spiro atoms. The largest absolute Gasteiger partial charge is 0.508 e. The average Bonchev–Trinajstić information content (AvgIpc) is 2.68. The smallest absolute Gasteiger partial charge is 0.338 e. The van der Waals surface area contributed by atoms with E-state index >= 15 is 0 Å². The zero-order chi connectivity index (χ0) is 21.1. The molecule has 2 amide bonds. The number of hydrogen-bond acceptors (Lipinski definition) is 5. The molecule has 8 heteroatoms. The van der Waals surface area contributed by atoms with Gasteiger partial charge in [0, 0.05) is 10.0 Å². The van der Waals surface area contributed by atoms with Gasteiger partial charge < -0.3 is 25.2 Å². The molecular weight excluding hydrogens is 440 g/mol. The van der Waals surface area contributed by atoms with Gasteiger partial charge in [-0.3, -0.25) is 0 Å². The number of methoxy groups -OCH3 is 1. The second-order valence-corrected chi connectivity index (χ2v) is 7.62. The monoisotopic (exact) mass is 460 g/mol. The third-order valence-corrected chi connectivity index (χ3v) is 4.81. The number of nitrogens with one attached hydrogen (secondary N) is 2. The van der Waals surface area contributed by atoms with Crippen LogP contribution in [0.25, 0.3) is 5.70 Å². The number of benzene rings is 2. The van der Waals surface area contributed by atoms with Crippen molar-refractivity contribution in [2.24, 2.45) is 0 Å². The zero-order valence-corrected chi connectivity index (χ0v) is 17.7. The lowest BCUT2D eigenvalue weighted by molar-refractivity contribution is -0.143. The van der Waals surface area contributed by atoms with Gasteiger partial charge in [0.15, 0.2) is 0 Å². The van der Waals surface area contributed by atoms with Crippen molar-refractivity contribution in [3.05, 3.63) is 63.6 Å². The number of rotatable bonds is 5. The molecule has 0 aliphatic carbocycles. The van der Waals surface area contributed by atoms with Gasteiger partial charge in [0.1, 0.15) is 11.5 Å². The molecule has 1 aliphatic rings. The number of aromatic hydroxyl groups is 1. The van der Waals surface area contributed by atoms with Crippen LogP contribution in [-0.4, -0.2) is 30.3 Å². The van der Waals surface area contributed by atoms with Crippen LogP contribution in [0.3, 0.4) is 0 Å². The lowest BCUT2D eigenvalue weighted by Gasteiger charge is -2.30. The number of carbonyl (C=O) groups is 2. The predicted molar refractivity (Wildman–Crippen MR) is 111 cm³/mol. The average molecular weight is 461 g/mol. The molecule has 29 heavy (non-hydrogen) atoms. The van der Waals surface area contributed by atoms with Gasteiger partial charge in [-0.2, -0.15) is 0 Å². The van der Waals surface area contributed by atoms with Gasteiger partial charge in [0.2, 0.25) is 0 Å². The Morgan fingerprint density at radius 2 is 1.86 bits per heavy atom. The van der Waals surface area contributed by atoms with E-state index in [2.05, 4.69) is 26.6 Å². The highest BCUT2D eigenvalue weighted by Crippen LogP contribution is 2.37. The predicted octanol–water partition coefficient (Wildman–Crippen LogP) is 3.88. The second-order valence-electron chi connectivity index (χ2n) is 6.71. The molecule has 0 fully saturated rings. The normalized spacial score (nSPS) is 16.3. The number of carbonyl (C=O) groups excluding carboxylic acids is 2. The van der Waals surface area contributed by atoms with Crippen molar-refractivity contribution in [3.8, 4) is 11.5 Å². The molecule has 1 heterocycles. The number of amides is 2. The molecule has 2 aromatic rings. The van der Waals surface area contributed by atoms with Crippen LogP contribution in [0.1, 0.15) is 31.0 Å². The molecule has 1 atom stereocenters. The van der Waals surface area contributed by atoms with Crippen molar-refractivity contribution in [2.45, 2.75) is 26.0 Å². The number of ether oxygens (including phenoxy) is 2. The highest BCUT2D eigenvalue weighted by Gasteiger charge is 2.36. The summed E-state index contributed by atoms with van der Waals surface area (Å²) in [5, 5.41) is 15.8. The Labute approximate surface area is 176 Å². The van der Waals surface area contributed by atoms with Crippen molar-refractivity contribution >= 4 is 33.6 Å². The van der Waals surface area contributed by atoms with Crippen molar-refractivity contribution in [1.82, 2.24) is 10.6 Å². The van der Waals surface area contributed by atoms with Gasteiger partial charge in [-0.1, -0.05) is 15.9 Å².